The van der Waals surface area contributed by atoms with Crippen LogP contribution >= 0.6 is 0 Å². The van der Waals surface area contributed by atoms with Crippen molar-refractivity contribution in [2.75, 3.05) is 19.4 Å². The molecule has 3 aromatic carbocycles. The zero-order valence-corrected chi connectivity index (χ0v) is 17.6. The number of anilines is 1. The fraction of sp³-hybridized carbons (Fsp3) is 0.160. The molecule has 160 valence electrons. The van der Waals surface area contributed by atoms with Crippen molar-refractivity contribution in [1.82, 2.24) is 14.9 Å². The maximum Gasteiger partial charge on any atom is 0.273 e. The van der Waals surface area contributed by atoms with Crippen molar-refractivity contribution < 1.29 is 14.6 Å². The van der Waals surface area contributed by atoms with Crippen molar-refractivity contribution in [1.29, 1.82) is 0 Å². The van der Waals surface area contributed by atoms with Crippen LogP contribution in [-0.2, 0) is 13.0 Å². The SMILES string of the molecule is COc1ccc2c(c1O)CCN(C(=O)c1nc(-c3ccc(N)cc3)nc3ccccc13)C2. The van der Waals surface area contributed by atoms with Gasteiger partial charge in [0.25, 0.3) is 5.91 Å². The lowest BCUT2D eigenvalue weighted by atomic mass is 9.97. The van der Waals surface area contributed by atoms with E-state index in [0.717, 1.165) is 16.7 Å². The van der Waals surface area contributed by atoms with Crippen molar-refractivity contribution in [2.45, 2.75) is 13.0 Å². The number of aromatic nitrogens is 2. The Morgan fingerprint density at radius 2 is 1.84 bits per heavy atom. The summed E-state index contributed by atoms with van der Waals surface area (Å²) >= 11 is 0. The highest BCUT2D eigenvalue weighted by Gasteiger charge is 2.27. The first-order valence-electron chi connectivity index (χ1n) is 10.3. The predicted octanol–water partition coefficient (Wildman–Crippen LogP) is 3.79. The highest BCUT2D eigenvalue weighted by Crippen LogP contribution is 2.36. The molecular formula is C25H22N4O3. The summed E-state index contributed by atoms with van der Waals surface area (Å²) in [4.78, 5) is 24.7. The Hall–Kier alpha value is -4.13. The van der Waals surface area contributed by atoms with Crippen LogP contribution in [-0.4, -0.2) is 39.5 Å². The fourth-order valence-electron chi connectivity index (χ4n) is 4.10. The van der Waals surface area contributed by atoms with Gasteiger partial charge in [-0.05, 0) is 48.4 Å². The van der Waals surface area contributed by atoms with Crippen LogP contribution in [0.5, 0.6) is 11.5 Å². The number of hydrogen-bond donors (Lipinski definition) is 2. The molecule has 7 nitrogen and oxygen atoms in total. The van der Waals surface area contributed by atoms with Gasteiger partial charge in [-0.3, -0.25) is 4.79 Å². The summed E-state index contributed by atoms with van der Waals surface area (Å²) in [7, 11) is 1.53. The molecule has 0 atom stereocenters. The molecule has 0 bridgehead atoms. The number of nitrogen functional groups attached to an aromatic ring is 1. The molecule has 0 aliphatic carbocycles. The smallest absolute Gasteiger partial charge is 0.273 e. The molecule has 1 aliphatic heterocycles. The number of ether oxygens (including phenoxy) is 1. The van der Waals surface area contributed by atoms with Crippen LogP contribution in [0.15, 0.2) is 60.7 Å². The van der Waals surface area contributed by atoms with Crippen molar-refractivity contribution in [3.05, 3.63) is 77.5 Å². The number of methoxy groups -OCH3 is 1. The average molecular weight is 426 g/mol. The number of phenols is 1. The summed E-state index contributed by atoms with van der Waals surface area (Å²) in [5.74, 6) is 0.904. The summed E-state index contributed by atoms with van der Waals surface area (Å²) in [6.07, 6.45) is 0.540. The largest absolute Gasteiger partial charge is 0.504 e. The maximum absolute atomic E-state index is 13.6. The minimum atomic E-state index is -0.166. The number of phenolic OH excluding ortho intramolecular Hbond substituents is 1. The van der Waals surface area contributed by atoms with Gasteiger partial charge in [-0.25, -0.2) is 9.97 Å². The molecule has 0 saturated carbocycles. The van der Waals surface area contributed by atoms with Crippen LogP contribution < -0.4 is 10.5 Å². The first-order valence-corrected chi connectivity index (χ1v) is 10.3. The van der Waals surface area contributed by atoms with Crippen LogP contribution in [0.3, 0.4) is 0 Å². The van der Waals surface area contributed by atoms with Gasteiger partial charge in [0.05, 0.1) is 12.6 Å². The van der Waals surface area contributed by atoms with Gasteiger partial charge < -0.3 is 20.5 Å². The maximum atomic E-state index is 13.6. The molecule has 1 aliphatic rings. The number of nitrogens with two attached hydrogens (primary N) is 1. The zero-order chi connectivity index (χ0) is 22.2. The molecule has 1 aromatic heterocycles. The summed E-state index contributed by atoms with van der Waals surface area (Å²) in [6.45, 7) is 0.864. The van der Waals surface area contributed by atoms with Crippen molar-refractivity contribution >= 4 is 22.5 Å². The highest BCUT2D eigenvalue weighted by atomic mass is 16.5. The number of para-hydroxylation sites is 1. The lowest BCUT2D eigenvalue weighted by Crippen LogP contribution is -2.36. The normalized spacial score (nSPS) is 13.1. The van der Waals surface area contributed by atoms with Crippen LogP contribution in [0.25, 0.3) is 22.3 Å². The molecule has 1 amide bonds. The molecule has 2 heterocycles. The molecular weight excluding hydrogens is 404 g/mol. The number of hydrogen-bond acceptors (Lipinski definition) is 6. The van der Waals surface area contributed by atoms with Gasteiger partial charge in [0.1, 0.15) is 5.69 Å². The zero-order valence-electron chi connectivity index (χ0n) is 17.6. The second-order valence-electron chi connectivity index (χ2n) is 7.77. The third kappa shape index (κ3) is 3.37. The van der Waals surface area contributed by atoms with E-state index in [1.54, 1.807) is 23.1 Å². The third-order valence-electron chi connectivity index (χ3n) is 5.82. The van der Waals surface area contributed by atoms with Crippen LogP contribution in [0.2, 0.25) is 0 Å². The minimum absolute atomic E-state index is 0.148. The molecule has 32 heavy (non-hydrogen) atoms. The first-order chi connectivity index (χ1) is 15.5. The fourth-order valence-corrected chi connectivity index (χ4v) is 4.10. The quantitative estimate of drug-likeness (QED) is 0.483. The van der Waals surface area contributed by atoms with Gasteiger partial charge in [-0.1, -0.05) is 24.3 Å². The summed E-state index contributed by atoms with van der Waals surface area (Å²) in [5, 5.41) is 11.2. The first kappa shape index (κ1) is 19.8. The lowest BCUT2D eigenvalue weighted by Gasteiger charge is -2.29. The van der Waals surface area contributed by atoms with E-state index < -0.39 is 0 Å². The van der Waals surface area contributed by atoms with Crippen molar-refractivity contribution in [2.24, 2.45) is 0 Å². The topological polar surface area (TPSA) is 102 Å². The Morgan fingerprint density at radius 3 is 2.62 bits per heavy atom. The minimum Gasteiger partial charge on any atom is -0.504 e. The standard InChI is InChI=1S/C25H22N4O3/c1-32-21-11-8-16-14-29(13-12-18(16)23(21)30)25(31)22-19-4-2-3-5-20(19)27-24(28-22)15-6-9-17(26)10-7-15/h2-11,30H,12-14,26H2,1H3. The number of rotatable bonds is 3. The molecule has 4 aromatic rings. The summed E-state index contributed by atoms with van der Waals surface area (Å²) in [6, 6.07) is 18.4. The predicted molar refractivity (Wildman–Crippen MR) is 122 cm³/mol. The molecule has 7 heteroatoms. The number of benzene rings is 3. The molecule has 0 fully saturated rings. The second kappa shape index (κ2) is 7.85. The highest BCUT2D eigenvalue weighted by molar-refractivity contribution is 6.05. The van der Waals surface area contributed by atoms with Crippen molar-refractivity contribution in [3.63, 3.8) is 0 Å². The summed E-state index contributed by atoms with van der Waals surface area (Å²) in [5.41, 5.74) is 10.0. The monoisotopic (exact) mass is 426 g/mol. The number of amides is 1. The molecule has 0 spiro atoms. The average Bonchev–Trinajstić information content (AvgIpc) is 2.83. The van der Waals surface area contributed by atoms with Crippen molar-refractivity contribution in [3.8, 4) is 22.9 Å². The van der Waals surface area contributed by atoms with Gasteiger partial charge in [-0.2, -0.15) is 0 Å². The molecule has 5 rings (SSSR count). The van der Waals surface area contributed by atoms with Gasteiger partial charge in [0.2, 0.25) is 0 Å². The van der Waals surface area contributed by atoms with E-state index in [0.29, 0.717) is 53.4 Å². The van der Waals surface area contributed by atoms with Crippen LogP contribution in [0, 0.1) is 0 Å². The van der Waals surface area contributed by atoms with E-state index >= 15 is 0 Å². The van der Waals surface area contributed by atoms with E-state index in [1.807, 2.05) is 42.5 Å². The Morgan fingerprint density at radius 1 is 1.06 bits per heavy atom. The van der Waals surface area contributed by atoms with Crippen LogP contribution in [0.1, 0.15) is 21.6 Å². The Bertz CT molecular complexity index is 1340. The van der Waals surface area contributed by atoms with Gasteiger partial charge >= 0.3 is 0 Å². The molecule has 0 unspecified atom stereocenters. The molecule has 0 saturated heterocycles. The number of nitrogens with zero attached hydrogens (tertiary/aromatic N) is 3. The van der Waals surface area contributed by atoms with Gasteiger partial charge in [-0.15, -0.1) is 0 Å². The Kier molecular flexibility index (Phi) is 4.86. The number of carbonyl (C=O) groups excluding carboxylic acids is 1. The Balaban J connectivity index is 1.55. The Labute approximate surface area is 185 Å². The third-order valence-corrected chi connectivity index (χ3v) is 5.82. The number of carbonyl (C=O) groups is 1. The van der Waals surface area contributed by atoms with E-state index in [2.05, 4.69) is 9.97 Å². The molecule has 3 N–H and O–H groups in total. The second-order valence-corrected chi connectivity index (χ2v) is 7.77. The van der Waals surface area contributed by atoms with Gasteiger partial charge in [0.15, 0.2) is 17.3 Å². The van der Waals surface area contributed by atoms with E-state index in [1.165, 1.54) is 7.11 Å². The lowest BCUT2D eigenvalue weighted by molar-refractivity contribution is 0.0730. The van der Waals surface area contributed by atoms with E-state index in [4.69, 9.17) is 10.5 Å². The number of fused-ring (bicyclic) bond motifs is 2. The number of aromatic hydroxyl groups is 1. The van der Waals surface area contributed by atoms with Gasteiger partial charge in [0, 0.05) is 35.3 Å². The summed E-state index contributed by atoms with van der Waals surface area (Å²) < 4.78 is 5.21. The van der Waals surface area contributed by atoms with E-state index in [9.17, 15) is 9.90 Å². The van der Waals surface area contributed by atoms with E-state index in [-0.39, 0.29) is 11.7 Å². The van der Waals surface area contributed by atoms with Crippen LogP contribution in [0.4, 0.5) is 5.69 Å². The molecule has 0 radical (unpaired) electrons.